The molecule has 0 aliphatic carbocycles. The number of hydrogen-bond acceptors (Lipinski definition) is 4. The van der Waals surface area contributed by atoms with E-state index in [1.54, 1.807) is 52.0 Å². The molecular formula is C15H19N3O3S. The number of carbonyl (C=O) groups excluding carboxylic acids is 2. The second-order valence-corrected chi connectivity index (χ2v) is 6.41. The Labute approximate surface area is 134 Å². The van der Waals surface area contributed by atoms with E-state index in [9.17, 15) is 9.59 Å². The molecule has 1 aliphatic heterocycles. The van der Waals surface area contributed by atoms with Gasteiger partial charge in [0, 0.05) is 5.69 Å². The highest BCUT2D eigenvalue weighted by Gasteiger charge is 2.33. The van der Waals surface area contributed by atoms with Crippen LogP contribution in [0.25, 0.3) is 0 Å². The summed E-state index contributed by atoms with van der Waals surface area (Å²) in [6.45, 7) is 7.14. The standard InChI is InChI=1S/C15H19N3O3S/c1-9-12(19)18(13(22)16-9)11-7-5-10(6-8-11)17-14(20)21-15(2,3)4/h5-9H,1-4H3,(H,16,22)(H,17,20)/t9-/m1/s1. The van der Waals surface area contributed by atoms with Crippen LogP contribution in [0.1, 0.15) is 27.7 Å². The van der Waals surface area contributed by atoms with Crippen molar-refractivity contribution in [3.8, 4) is 0 Å². The molecule has 1 aromatic rings. The van der Waals surface area contributed by atoms with Crippen LogP contribution < -0.4 is 15.5 Å². The van der Waals surface area contributed by atoms with Gasteiger partial charge >= 0.3 is 6.09 Å². The van der Waals surface area contributed by atoms with E-state index in [1.165, 1.54) is 4.90 Å². The summed E-state index contributed by atoms with van der Waals surface area (Å²) in [5.41, 5.74) is 0.679. The van der Waals surface area contributed by atoms with Crippen LogP contribution in [0, 0.1) is 0 Å². The zero-order valence-corrected chi connectivity index (χ0v) is 13.8. The van der Waals surface area contributed by atoms with Crippen molar-refractivity contribution in [3.63, 3.8) is 0 Å². The van der Waals surface area contributed by atoms with Crippen LogP contribution in [0.3, 0.4) is 0 Å². The number of thiocarbonyl (C=S) groups is 1. The first kappa shape index (κ1) is 16.2. The first-order valence-electron chi connectivity index (χ1n) is 6.92. The average molecular weight is 321 g/mol. The minimum absolute atomic E-state index is 0.0992. The number of nitrogens with one attached hydrogen (secondary N) is 2. The quantitative estimate of drug-likeness (QED) is 0.820. The van der Waals surface area contributed by atoms with E-state index in [0.717, 1.165) is 0 Å². The molecule has 0 aromatic heterocycles. The van der Waals surface area contributed by atoms with Gasteiger partial charge < -0.3 is 10.1 Å². The highest BCUT2D eigenvalue weighted by Crippen LogP contribution is 2.22. The van der Waals surface area contributed by atoms with Crippen molar-refractivity contribution < 1.29 is 14.3 Å². The summed E-state index contributed by atoms with van der Waals surface area (Å²) in [4.78, 5) is 25.2. The van der Waals surface area contributed by atoms with Gasteiger partial charge in [0.25, 0.3) is 5.91 Å². The summed E-state index contributed by atoms with van der Waals surface area (Å²) in [5.74, 6) is -0.0992. The number of nitrogens with zero attached hydrogens (tertiary/aromatic N) is 1. The van der Waals surface area contributed by atoms with Gasteiger partial charge in [0.05, 0.1) is 5.69 Å². The Bertz CT molecular complexity index is 607. The molecule has 0 saturated carbocycles. The highest BCUT2D eigenvalue weighted by atomic mass is 32.1. The monoisotopic (exact) mass is 321 g/mol. The van der Waals surface area contributed by atoms with Gasteiger partial charge in [0.2, 0.25) is 0 Å². The fraction of sp³-hybridized carbons (Fsp3) is 0.400. The Hall–Kier alpha value is -2.15. The second-order valence-electron chi connectivity index (χ2n) is 6.02. The van der Waals surface area contributed by atoms with Crippen molar-refractivity contribution in [1.82, 2.24) is 5.32 Å². The van der Waals surface area contributed by atoms with Gasteiger partial charge in [-0.25, -0.2) is 4.79 Å². The van der Waals surface area contributed by atoms with Crippen molar-refractivity contribution in [3.05, 3.63) is 24.3 Å². The lowest BCUT2D eigenvalue weighted by molar-refractivity contribution is -0.117. The number of amides is 2. The number of carbonyl (C=O) groups is 2. The largest absolute Gasteiger partial charge is 0.444 e. The first-order chi connectivity index (χ1) is 10.2. The molecule has 6 nitrogen and oxygen atoms in total. The second kappa shape index (κ2) is 5.92. The lowest BCUT2D eigenvalue weighted by atomic mass is 10.2. The van der Waals surface area contributed by atoms with E-state index in [-0.39, 0.29) is 11.9 Å². The molecule has 2 N–H and O–H groups in total. The van der Waals surface area contributed by atoms with E-state index >= 15 is 0 Å². The Morgan fingerprint density at radius 3 is 2.36 bits per heavy atom. The van der Waals surface area contributed by atoms with Gasteiger partial charge in [-0.3, -0.25) is 15.0 Å². The summed E-state index contributed by atoms with van der Waals surface area (Å²) in [6.07, 6.45) is -0.525. The van der Waals surface area contributed by atoms with E-state index in [1.807, 2.05) is 0 Å². The molecule has 0 unspecified atom stereocenters. The molecule has 1 aliphatic rings. The van der Waals surface area contributed by atoms with Gasteiger partial charge in [-0.15, -0.1) is 0 Å². The molecular weight excluding hydrogens is 302 g/mol. The Balaban J connectivity index is 2.06. The zero-order valence-electron chi connectivity index (χ0n) is 13.0. The lowest BCUT2D eigenvalue weighted by Gasteiger charge is -2.20. The van der Waals surface area contributed by atoms with Crippen LogP contribution in [-0.4, -0.2) is 28.8 Å². The van der Waals surface area contributed by atoms with Crippen molar-refractivity contribution in [2.75, 3.05) is 10.2 Å². The number of benzene rings is 1. The molecule has 1 heterocycles. The van der Waals surface area contributed by atoms with Crippen LogP contribution in [0.15, 0.2) is 24.3 Å². The van der Waals surface area contributed by atoms with Gasteiger partial charge in [0.1, 0.15) is 11.6 Å². The third kappa shape index (κ3) is 3.73. The van der Waals surface area contributed by atoms with Crippen LogP contribution in [-0.2, 0) is 9.53 Å². The molecule has 1 saturated heterocycles. The van der Waals surface area contributed by atoms with Crippen molar-refractivity contribution >= 4 is 40.7 Å². The molecule has 1 aromatic carbocycles. The molecule has 1 fully saturated rings. The zero-order chi connectivity index (χ0) is 16.5. The molecule has 0 bridgehead atoms. The molecule has 22 heavy (non-hydrogen) atoms. The van der Waals surface area contributed by atoms with Crippen molar-refractivity contribution in [2.24, 2.45) is 0 Å². The maximum absolute atomic E-state index is 12.0. The predicted octanol–water partition coefficient (Wildman–Crippen LogP) is 2.64. The number of anilines is 2. The van der Waals surface area contributed by atoms with Gasteiger partial charge in [-0.2, -0.15) is 0 Å². The van der Waals surface area contributed by atoms with E-state index < -0.39 is 11.7 Å². The van der Waals surface area contributed by atoms with Gasteiger partial charge in [-0.1, -0.05) is 0 Å². The summed E-state index contributed by atoms with van der Waals surface area (Å²) < 4.78 is 5.17. The Kier molecular flexibility index (Phi) is 4.37. The van der Waals surface area contributed by atoms with Gasteiger partial charge in [0.15, 0.2) is 5.11 Å². The predicted molar refractivity (Wildman–Crippen MR) is 89.0 cm³/mol. The molecule has 1 atom stereocenters. The Morgan fingerprint density at radius 1 is 1.32 bits per heavy atom. The number of ether oxygens (including phenoxy) is 1. The maximum atomic E-state index is 12.0. The van der Waals surface area contributed by atoms with Gasteiger partial charge in [-0.05, 0) is 64.2 Å². The van der Waals surface area contributed by atoms with Crippen LogP contribution in [0.5, 0.6) is 0 Å². The number of rotatable bonds is 2. The average Bonchev–Trinajstić information content (AvgIpc) is 2.62. The normalized spacial score (nSPS) is 18.2. The third-order valence-corrected chi connectivity index (χ3v) is 3.21. The Morgan fingerprint density at radius 2 is 1.91 bits per heavy atom. The summed E-state index contributed by atoms with van der Waals surface area (Å²) in [5, 5.41) is 5.92. The molecule has 0 spiro atoms. The molecule has 7 heteroatoms. The molecule has 0 radical (unpaired) electrons. The van der Waals surface area contributed by atoms with Crippen LogP contribution >= 0.6 is 12.2 Å². The lowest BCUT2D eigenvalue weighted by Crippen LogP contribution is -2.30. The van der Waals surface area contributed by atoms with Crippen molar-refractivity contribution in [1.29, 1.82) is 0 Å². The molecule has 2 rings (SSSR count). The van der Waals surface area contributed by atoms with E-state index in [0.29, 0.717) is 16.5 Å². The fourth-order valence-electron chi connectivity index (χ4n) is 1.97. The minimum Gasteiger partial charge on any atom is -0.444 e. The SMILES string of the molecule is C[C@H]1NC(=S)N(c2ccc(NC(=O)OC(C)(C)C)cc2)C1=O. The fourth-order valence-corrected chi connectivity index (χ4v) is 2.34. The third-order valence-electron chi connectivity index (χ3n) is 2.90. The van der Waals surface area contributed by atoms with E-state index in [2.05, 4.69) is 10.6 Å². The molecule has 2 amide bonds. The van der Waals surface area contributed by atoms with E-state index in [4.69, 9.17) is 17.0 Å². The maximum Gasteiger partial charge on any atom is 0.412 e. The summed E-state index contributed by atoms with van der Waals surface area (Å²) >= 11 is 5.14. The topological polar surface area (TPSA) is 70.7 Å². The first-order valence-corrected chi connectivity index (χ1v) is 7.33. The van der Waals surface area contributed by atoms with Crippen LogP contribution in [0.2, 0.25) is 0 Å². The minimum atomic E-state index is -0.556. The van der Waals surface area contributed by atoms with Crippen molar-refractivity contribution in [2.45, 2.75) is 39.3 Å². The summed E-state index contributed by atoms with van der Waals surface area (Å²) in [7, 11) is 0. The smallest absolute Gasteiger partial charge is 0.412 e. The molecule has 118 valence electrons. The highest BCUT2D eigenvalue weighted by molar-refractivity contribution is 7.80. The van der Waals surface area contributed by atoms with Crippen LogP contribution in [0.4, 0.5) is 16.2 Å². The number of hydrogen-bond donors (Lipinski definition) is 2. The summed E-state index contributed by atoms with van der Waals surface area (Å²) in [6, 6.07) is 6.50.